The molecule has 0 saturated carbocycles. The summed E-state index contributed by atoms with van der Waals surface area (Å²) >= 11 is 1.51. The van der Waals surface area contributed by atoms with Crippen molar-refractivity contribution >= 4 is 16.5 Å². The molecule has 1 aromatic rings. The average Bonchev–Trinajstić information content (AvgIpc) is 2.34. The van der Waals surface area contributed by atoms with E-state index in [1.54, 1.807) is 0 Å². The summed E-state index contributed by atoms with van der Waals surface area (Å²) in [5.41, 5.74) is 1.17. The van der Waals surface area contributed by atoms with E-state index in [0.29, 0.717) is 0 Å². The molecule has 3 heteroatoms. The zero-order valence-electron chi connectivity index (χ0n) is 5.64. The molecule has 9 heavy (non-hydrogen) atoms. The van der Waals surface area contributed by atoms with E-state index in [1.807, 2.05) is 7.05 Å². The molecule has 1 N–H and O–H groups in total. The van der Waals surface area contributed by atoms with Crippen LogP contribution < -0.4 is 5.32 Å². The van der Waals surface area contributed by atoms with Gasteiger partial charge >= 0.3 is 0 Å². The van der Waals surface area contributed by atoms with Crippen molar-refractivity contribution in [1.29, 1.82) is 0 Å². The van der Waals surface area contributed by atoms with Crippen LogP contribution in [0.15, 0.2) is 6.07 Å². The lowest BCUT2D eigenvalue weighted by Crippen LogP contribution is -1.81. The van der Waals surface area contributed by atoms with E-state index in [2.05, 4.69) is 22.7 Å². The van der Waals surface area contributed by atoms with Gasteiger partial charge in [-0.3, -0.25) is 0 Å². The van der Waals surface area contributed by atoms with Gasteiger partial charge in [-0.25, -0.2) is 0 Å². The average molecular weight is 142 g/mol. The molecule has 0 atom stereocenters. The summed E-state index contributed by atoms with van der Waals surface area (Å²) in [5, 5.41) is 4.18. The monoisotopic (exact) mass is 142 g/mol. The number of aromatic nitrogens is 1. The van der Waals surface area contributed by atoms with Gasteiger partial charge in [0, 0.05) is 7.05 Å². The van der Waals surface area contributed by atoms with Crippen molar-refractivity contribution in [2.45, 2.75) is 13.3 Å². The predicted octanol–water partition coefficient (Wildman–Crippen LogP) is 1.75. The first kappa shape index (κ1) is 6.55. The summed E-state index contributed by atoms with van der Waals surface area (Å²) in [7, 11) is 1.91. The summed E-state index contributed by atoms with van der Waals surface area (Å²) in [6, 6.07) is 2.07. The number of nitrogens with zero attached hydrogens (tertiary/aromatic N) is 1. The molecule has 0 spiro atoms. The van der Waals surface area contributed by atoms with E-state index >= 15 is 0 Å². The summed E-state index contributed by atoms with van der Waals surface area (Å²) in [6.45, 7) is 2.11. The van der Waals surface area contributed by atoms with E-state index in [-0.39, 0.29) is 0 Å². The topological polar surface area (TPSA) is 24.9 Å². The molecule has 0 aromatic carbocycles. The maximum Gasteiger partial charge on any atom is 0.109 e. The van der Waals surface area contributed by atoms with Crippen molar-refractivity contribution in [2.24, 2.45) is 0 Å². The zero-order valence-corrected chi connectivity index (χ0v) is 6.46. The zero-order chi connectivity index (χ0) is 6.69. The van der Waals surface area contributed by atoms with Crippen molar-refractivity contribution in [1.82, 2.24) is 4.37 Å². The molecule has 0 aliphatic carbocycles. The lowest BCUT2D eigenvalue weighted by molar-refractivity contribution is 1.09. The van der Waals surface area contributed by atoms with Gasteiger partial charge < -0.3 is 5.32 Å². The molecule has 0 bridgehead atoms. The molecule has 0 aliphatic rings. The fraction of sp³-hybridized carbons (Fsp3) is 0.500. The second kappa shape index (κ2) is 2.82. The van der Waals surface area contributed by atoms with Gasteiger partial charge in [-0.05, 0) is 24.0 Å². The molecule has 1 rings (SSSR count). The van der Waals surface area contributed by atoms with E-state index in [0.717, 1.165) is 11.4 Å². The molecule has 0 unspecified atom stereocenters. The number of anilines is 1. The normalized spacial score (nSPS) is 9.56. The van der Waals surface area contributed by atoms with Gasteiger partial charge in [0.1, 0.15) is 5.00 Å². The van der Waals surface area contributed by atoms with Crippen LogP contribution in [0.2, 0.25) is 0 Å². The van der Waals surface area contributed by atoms with Crippen LogP contribution in [0.1, 0.15) is 12.6 Å². The van der Waals surface area contributed by atoms with Crippen LogP contribution in [0.25, 0.3) is 0 Å². The Kier molecular flexibility index (Phi) is 2.05. The van der Waals surface area contributed by atoms with Crippen molar-refractivity contribution in [2.75, 3.05) is 12.4 Å². The van der Waals surface area contributed by atoms with Crippen LogP contribution in [-0.2, 0) is 6.42 Å². The Morgan fingerprint density at radius 3 is 2.89 bits per heavy atom. The van der Waals surface area contributed by atoms with E-state index in [4.69, 9.17) is 0 Å². The van der Waals surface area contributed by atoms with Crippen molar-refractivity contribution in [3.63, 3.8) is 0 Å². The van der Waals surface area contributed by atoms with Crippen LogP contribution in [0.4, 0.5) is 5.00 Å². The second-order valence-electron chi connectivity index (χ2n) is 1.79. The molecule has 1 aromatic heterocycles. The minimum absolute atomic E-state index is 1.03. The van der Waals surface area contributed by atoms with Gasteiger partial charge in [0.15, 0.2) is 0 Å². The van der Waals surface area contributed by atoms with Gasteiger partial charge in [-0.1, -0.05) is 6.92 Å². The fourth-order valence-corrected chi connectivity index (χ4v) is 1.27. The number of hydrogen-bond acceptors (Lipinski definition) is 3. The Morgan fingerprint density at radius 2 is 2.56 bits per heavy atom. The van der Waals surface area contributed by atoms with E-state index < -0.39 is 0 Å². The first-order valence-electron chi connectivity index (χ1n) is 3.00. The van der Waals surface area contributed by atoms with Crippen LogP contribution in [-0.4, -0.2) is 11.4 Å². The summed E-state index contributed by atoms with van der Waals surface area (Å²) in [4.78, 5) is 0. The first-order chi connectivity index (χ1) is 4.36. The third kappa shape index (κ3) is 1.42. The fourth-order valence-electron chi connectivity index (χ4n) is 0.596. The van der Waals surface area contributed by atoms with Gasteiger partial charge in [0.25, 0.3) is 0 Å². The third-order valence-corrected chi connectivity index (χ3v) is 2.01. The lowest BCUT2D eigenvalue weighted by Gasteiger charge is -1.85. The maximum absolute atomic E-state index is 4.18. The second-order valence-corrected chi connectivity index (χ2v) is 2.59. The molecular formula is C6H10N2S. The highest BCUT2D eigenvalue weighted by molar-refractivity contribution is 7.10. The Hall–Kier alpha value is -0.570. The van der Waals surface area contributed by atoms with Crippen molar-refractivity contribution in [3.8, 4) is 0 Å². The number of rotatable bonds is 2. The highest BCUT2D eigenvalue weighted by atomic mass is 32.1. The summed E-state index contributed by atoms with van der Waals surface area (Å²) < 4.78 is 4.18. The molecule has 0 saturated heterocycles. The molecule has 0 amide bonds. The molecule has 0 radical (unpaired) electrons. The van der Waals surface area contributed by atoms with Gasteiger partial charge in [0.2, 0.25) is 0 Å². The minimum Gasteiger partial charge on any atom is -0.379 e. The molecule has 0 aliphatic heterocycles. The predicted molar refractivity (Wildman–Crippen MR) is 41.0 cm³/mol. The highest BCUT2D eigenvalue weighted by Crippen LogP contribution is 2.14. The molecule has 0 fully saturated rings. The Bertz CT molecular complexity index is 164. The third-order valence-electron chi connectivity index (χ3n) is 1.17. The van der Waals surface area contributed by atoms with Gasteiger partial charge in [-0.2, -0.15) is 4.37 Å². The summed E-state index contributed by atoms with van der Waals surface area (Å²) in [6.07, 6.45) is 1.03. The number of aryl methyl sites for hydroxylation is 1. The molecule has 1 heterocycles. The Balaban J connectivity index is 2.74. The van der Waals surface area contributed by atoms with E-state index in [9.17, 15) is 0 Å². The standard InChI is InChI=1S/C6H10N2S/c1-3-5-4-6(7-2)9-8-5/h4,7H,3H2,1-2H3. The van der Waals surface area contributed by atoms with Crippen LogP contribution >= 0.6 is 11.5 Å². The van der Waals surface area contributed by atoms with Crippen LogP contribution in [0, 0.1) is 0 Å². The SMILES string of the molecule is CCc1cc(NC)sn1. The van der Waals surface area contributed by atoms with Gasteiger partial charge in [0.05, 0.1) is 5.69 Å². The van der Waals surface area contributed by atoms with E-state index in [1.165, 1.54) is 17.2 Å². The number of nitrogens with one attached hydrogen (secondary N) is 1. The maximum atomic E-state index is 4.18. The molecule has 50 valence electrons. The van der Waals surface area contributed by atoms with Crippen LogP contribution in [0.3, 0.4) is 0 Å². The minimum atomic E-state index is 1.03. The van der Waals surface area contributed by atoms with Gasteiger partial charge in [-0.15, -0.1) is 0 Å². The number of hydrogen-bond donors (Lipinski definition) is 1. The van der Waals surface area contributed by atoms with Crippen LogP contribution in [0.5, 0.6) is 0 Å². The lowest BCUT2D eigenvalue weighted by atomic mass is 10.3. The first-order valence-corrected chi connectivity index (χ1v) is 3.77. The van der Waals surface area contributed by atoms with Crippen molar-refractivity contribution in [3.05, 3.63) is 11.8 Å². The Morgan fingerprint density at radius 1 is 1.78 bits per heavy atom. The highest BCUT2D eigenvalue weighted by Gasteiger charge is 1.94. The molecule has 2 nitrogen and oxygen atoms in total. The quantitative estimate of drug-likeness (QED) is 0.680. The smallest absolute Gasteiger partial charge is 0.109 e. The Labute approximate surface area is 59.1 Å². The molecular weight excluding hydrogens is 132 g/mol. The largest absolute Gasteiger partial charge is 0.379 e. The van der Waals surface area contributed by atoms with Crippen molar-refractivity contribution < 1.29 is 0 Å². The summed E-state index contributed by atoms with van der Waals surface area (Å²) in [5.74, 6) is 0.